The number of hydrogen-bond acceptors (Lipinski definition) is 4. The molecule has 0 aliphatic carbocycles. The van der Waals surface area contributed by atoms with E-state index in [4.69, 9.17) is 0 Å². The van der Waals surface area contributed by atoms with E-state index < -0.39 is 35.1 Å². The zero-order valence-corrected chi connectivity index (χ0v) is 14.0. The first-order valence-electron chi connectivity index (χ1n) is 6.73. The standard InChI is InChI=1S/C13H15F4N3O2.2ClH/c14-9-1-2-10(11(7-9)20(21)22)12(8-13(15,16)17)19-5-3-18-4-6-19;;/h1-2,7,12,18H,3-6,8H2;2*1H/t12-;;/m1../s1. The first-order chi connectivity index (χ1) is 10.3. The molecule has 1 heterocycles. The van der Waals surface area contributed by atoms with E-state index in [1.165, 1.54) is 0 Å². The Labute approximate surface area is 148 Å². The molecule has 0 aromatic heterocycles. The number of rotatable bonds is 4. The monoisotopic (exact) mass is 393 g/mol. The maximum Gasteiger partial charge on any atom is 0.390 e. The Morgan fingerprint density at radius 3 is 2.33 bits per heavy atom. The van der Waals surface area contributed by atoms with E-state index in [-0.39, 0.29) is 30.4 Å². The number of alkyl halides is 3. The van der Waals surface area contributed by atoms with Gasteiger partial charge in [-0.25, -0.2) is 4.39 Å². The van der Waals surface area contributed by atoms with E-state index in [2.05, 4.69) is 5.32 Å². The highest BCUT2D eigenvalue weighted by molar-refractivity contribution is 5.85. The third-order valence-electron chi connectivity index (χ3n) is 3.57. The minimum Gasteiger partial charge on any atom is -0.314 e. The van der Waals surface area contributed by atoms with Crippen LogP contribution in [-0.4, -0.2) is 42.2 Å². The first-order valence-corrected chi connectivity index (χ1v) is 6.73. The van der Waals surface area contributed by atoms with Gasteiger partial charge in [-0.05, 0) is 12.1 Å². The largest absolute Gasteiger partial charge is 0.390 e. The Bertz CT molecular complexity index is 555. The van der Waals surface area contributed by atoms with E-state index in [1.54, 1.807) is 4.90 Å². The summed E-state index contributed by atoms with van der Waals surface area (Å²) < 4.78 is 51.8. The van der Waals surface area contributed by atoms with Gasteiger partial charge in [-0.1, -0.05) is 0 Å². The Morgan fingerprint density at radius 1 is 1.25 bits per heavy atom. The Morgan fingerprint density at radius 2 is 1.83 bits per heavy atom. The highest BCUT2D eigenvalue weighted by atomic mass is 35.5. The van der Waals surface area contributed by atoms with Gasteiger partial charge in [-0.15, -0.1) is 24.8 Å². The van der Waals surface area contributed by atoms with Gasteiger partial charge in [0.05, 0.1) is 23.5 Å². The third-order valence-corrected chi connectivity index (χ3v) is 3.57. The molecule has 138 valence electrons. The molecule has 0 unspecified atom stereocenters. The van der Waals surface area contributed by atoms with Crippen LogP contribution in [0.25, 0.3) is 0 Å². The van der Waals surface area contributed by atoms with Gasteiger partial charge in [-0.2, -0.15) is 13.2 Å². The predicted molar refractivity (Wildman–Crippen MR) is 85.4 cm³/mol. The number of nitro benzene ring substituents is 1. The summed E-state index contributed by atoms with van der Waals surface area (Å²) in [6, 6.07) is 1.50. The van der Waals surface area contributed by atoms with Gasteiger partial charge < -0.3 is 5.32 Å². The molecule has 1 aromatic rings. The summed E-state index contributed by atoms with van der Waals surface area (Å²) in [4.78, 5) is 11.8. The summed E-state index contributed by atoms with van der Waals surface area (Å²) in [7, 11) is 0. The van der Waals surface area contributed by atoms with Crippen molar-refractivity contribution in [1.82, 2.24) is 10.2 Å². The molecule has 5 nitrogen and oxygen atoms in total. The number of nitro groups is 1. The Kier molecular flexibility index (Phi) is 8.90. The average molecular weight is 394 g/mol. The van der Waals surface area contributed by atoms with E-state index in [9.17, 15) is 27.7 Å². The summed E-state index contributed by atoms with van der Waals surface area (Å²) in [5.41, 5.74) is -0.724. The summed E-state index contributed by atoms with van der Waals surface area (Å²) in [5.74, 6) is -0.846. The molecule has 11 heteroatoms. The van der Waals surface area contributed by atoms with Crippen LogP contribution < -0.4 is 5.32 Å². The number of piperazine rings is 1. The van der Waals surface area contributed by atoms with Crippen molar-refractivity contribution in [2.45, 2.75) is 18.6 Å². The van der Waals surface area contributed by atoms with Crippen LogP contribution in [0.2, 0.25) is 0 Å². The molecular formula is C13H17Cl2F4N3O2. The molecular weight excluding hydrogens is 377 g/mol. The van der Waals surface area contributed by atoms with Crippen LogP contribution in [0, 0.1) is 15.9 Å². The van der Waals surface area contributed by atoms with Crippen molar-refractivity contribution >= 4 is 30.5 Å². The summed E-state index contributed by atoms with van der Waals surface area (Å²) in [6.07, 6.45) is -5.68. The van der Waals surface area contributed by atoms with Crippen LogP contribution in [-0.2, 0) is 0 Å². The number of halogens is 6. The van der Waals surface area contributed by atoms with Gasteiger partial charge in [-0.3, -0.25) is 15.0 Å². The molecule has 1 N–H and O–H groups in total. The molecule has 1 atom stereocenters. The van der Waals surface area contributed by atoms with Gasteiger partial charge in [0.1, 0.15) is 5.82 Å². The van der Waals surface area contributed by atoms with Crippen LogP contribution in [0.3, 0.4) is 0 Å². The van der Waals surface area contributed by atoms with Gasteiger partial charge in [0.2, 0.25) is 0 Å². The molecule has 0 amide bonds. The molecule has 0 saturated carbocycles. The lowest BCUT2D eigenvalue weighted by atomic mass is 9.99. The molecule has 1 aliphatic rings. The van der Waals surface area contributed by atoms with Gasteiger partial charge in [0.25, 0.3) is 5.69 Å². The van der Waals surface area contributed by atoms with E-state index in [1.807, 2.05) is 0 Å². The molecule has 1 aliphatic heterocycles. The minimum absolute atomic E-state index is 0. The lowest BCUT2D eigenvalue weighted by molar-refractivity contribution is -0.386. The highest BCUT2D eigenvalue weighted by Gasteiger charge is 2.38. The fourth-order valence-electron chi connectivity index (χ4n) is 2.61. The van der Waals surface area contributed by atoms with Crippen LogP contribution in [0.4, 0.5) is 23.2 Å². The SMILES string of the molecule is Cl.Cl.O=[N+]([O-])c1cc(F)ccc1[C@@H](CC(F)(F)F)N1CCNCC1. The van der Waals surface area contributed by atoms with Crippen LogP contribution in [0.5, 0.6) is 0 Å². The summed E-state index contributed by atoms with van der Waals surface area (Å²) >= 11 is 0. The molecule has 0 bridgehead atoms. The third kappa shape index (κ3) is 6.04. The maximum atomic E-state index is 13.2. The van der Waals surface area contributed by atoms with E-state index >= 15 is 0 Å². The quantitative estimate of drug-likeness (QED) is 0.483. The Balaban J connectivity index is 0.00000264. The number of hydrogen-bond donors (Lipinski definition) is 1. The number of nitrogens with one attached hydrogen (secondary N) is 1. The molecule has 1 fully saturated rings. The lowest BCUT2D eigenvalue weighted by Crippen LogP contribution is -2.46. The van der Waals surface area contributed by atoms with Crippen LogP contribution in [0.1, 0.15) is 18.0 Å². The van der Waals surface area contributed by atoms with Gasteiger partial charge in [0, 0.05) is 31.7 Å². The molecule has 0 radical (unpaired) electrons. The normalized spacial score (nSPS) is 16.7. The van der Waals surface area contributed by atoms with Crippen molar-refractivity contribution in [2.24, 2.45) is 0 Å². The van der Waals surface area contributed by atoms with Gasteiger partial charge in [0.15, 0.2) is 0 Å². The second-order valence-corrected chi connectivity index (χ2v) is 5.08. The zero-order valence-electron chi connectivity index (χ0n) is 12.4. The van der Waals surface area contributed by atoms with Crippen molar-refractivity contribution in [1.29, 1.82) is 0 Å². The molecule has 0 spiro atoms. The fraction of sp³-hybridized carbons (Fsp3) is 0.538. The second-order valence-electron chi connectivity index (χ2n) is 5.08. The van der Waals surface area contributed by atoms with Crippen molar-refractivity contribution in [3.63, 3.8) is 0 Å². The summed E-state index contributed by atoms with van der Waals surface area (Å²) in [5, 5.41) is 14.1. The second kappa shape index (κ2) is 9.36. The van der Waals surface area contributed by atoms with Crippen molar-refractivity contribution in [2.75, 3.05) is 26.2 Å². The lowest BCUT2D eigenvalue weighted by Gasteiger charge is -2.35. The van der Waals surface area contributed by atoms with Crippen molar-refractivity contribution in [3.8, 4) is 0 Å². The average Bonchev–Trinajstić information content (AvgIpc) is 2.45. The van der Waals surface area contributed by atoms with Crippen LogP contribution >= 0.6 is 24.8 Å². The smallest absolute Gasteiger partial charge is 0.314 e. The van der Waals surface area contributed by atoms with Crippen molar-refractivity contribution in [3.05, 3.63) is 39.7 Å². The minimum atomic E-state index is -4.47. The van der Waals surface area contributed by atoms with E-state index in [0.29, 0.717) is 32.2 Å². The zero-order chi connectivity index (χ0) is 16.3. The van der Waals surface area contributed by atoms with E-state index in [0.717, 1.165) is 12.1 Å². The highest BCUT2D eigenvalue weighted by Crippen LogP contribution is 2.38. The number of benzene rings is 1. The Hall–Kier alpha value is -1.16. The first kappa shape index (κ1) is 22.8. The van der Waals surface area contributed by atoms with Gasteiger partial charge >= 0.3 is 6.18 Å². The maximum absolute atomic E-state index is 13.2. The fourth-order valence-corrected chi connectivity index (χ4v) is 2.61. The topological polar surface area (TPSA) is 58.4 Å². The number of nitrogens with zero attached hydrogens (tertiary/aromatic N) is 2. The molecule has 24 heavy (non-hydrogen) atoms. The summed E-state index contributed by atoms with van der Waals surface area (Å²) in [6.45, 7) is 1.69. The van der Waals surface area contributed by atoms with Crippen LogP contribution in [0.15, 0.2) is 18.2 Å². The molecule has 1 aromatic carbocycles. The molecule has 2 rings (SSSR count). The molecule has 1 saturated heterocycles. The predicted octanol–water partition coefficient (Wildman–Crippen LogP) is 3.48. The van der Waals surface area contributed by atoms with Crippen molar-refractivity contribution < 1.29 is 22.5 Å².